The molecule has 0 saturated carbocycles. The molecule has 3 heteroatoms. The molecular formula is C17H25N3. The van der Waals surface area contributed by atoms with Crippen molar-refractivity contribution >= 4 is 0 Å². The van der Waals surface area contributed by atoms with E-state index in [1.165, 1.54) is 22.3 Å². The van der Waals surface area contributed by atoms with Crippen molar-refractivity contribution in [3.63, 3.8) is 0 Å². The van der Waals surface area contributed by atoms with Gasteiger partial charge in [-0.05, 0) is 44.9 Å². The second-order valence-electron chi connectivity index (χ2n) is 5.54. The van der Waals surface area contributed by atoms with E-state index in [0.29, 0.717) is 0 Å². The van der Waals surface area contributed by atoms with Gasteiger partial charge in [0.05, 0.1) is 12.2 Å². The number of aryl methyl sites for hydroxylation is 3. The zero-order valence-corrected chi connectivity index (χ0v) is 13.0. The molecule has 3 nitrogen and oxygen atoms in total. The molecule has 1 heterocycles. The SMILES string of the molecule is CCCNCc1cn(Cc2cc(C)ccc2C)nc1C. The van der Waals surface area contributed by atoms with Crippen molar-refractivity contribution in [2.75, 3.05) is 6.54 Å². The smallest absolute Gasteiger partial charge is 0.0662 e. The molecule has 2 aromatic rings. The first kappa shape index (κ1) is 14.8. The van der Waals surface area contributed by atoms with Crippen LogP contribution in [0.3, 0.4) is 0 Å². The van der Waals surface area contributed by atoms with Gasteiger partial charge >= 0.3 is 0 Å². The molecule has 0 atom stereocenters. The summed E-state index contributed by atoms with van der Waals surface area (Å²) >= 11 is 0. The second-order valence-corrected chi connectivity index (χ2v) is 5.54. The molecule has 0 aliphatic heterocycles. The fourth-order valence-corrected chi connectivity index (χ4v) is 2.36. The van der Waals surface area contributed by atoms with Crippen molar-refractivity contribution in [2.24, 2.45) is 0 Å². The highest BCUT2D eigenvalue weighted by atomic mass is 15.3. The predicted octanol–water partition coefficient (Wildman–Crippen LogP) is 3.36. The summed E-state index contributed by atoms with van der Waals surface area (Å²) in [5.41, 5.74) is 6.40. The van der Waals surface area contributed by atoms with Crippen molar-refractivity contribution < 1.29 is 0 Å². The largest absolute Gasteiger partial charge is 0.313 e. The summed E-state index contributed by atoms with van der Waals surface area (Å²) in [6.45, 7) is 11.4. The van der Waals surface area contributed by atoms with Gasteiger partial charge in [0.1, 0.15) is 0 Å². The van der Waals surface area contributed by atoms with Crippen LogP contribution in [-0.2, 0) is 13.1 Å². The summed E-state index contributed by atoms with van der Waals surface area (Å²) < 4.78 is 2.06. The van der Waals surface area contributed by atoms with Gasteiger partial charge in [0.15, 0.2) is 0 Å². The van der Waals surface area contributed by atoms with E-state index < -0.39 is 0 Å². The van der Waals surface area contributed by atoms with Crippen LogP contribution in [0.4, 0.5) is 0 Å². The maximum Gasteiger partial charge on any atom is 0.0662 e. The quantitative estimate of drug-likeness (QED) is 0.817. The number of nitrogens with one attached hydrogen (secondary N) is 1. The van der Waals surface area contributed by atoms with Crippen LogP contribution in [0, 0.1) is 20.8 Å². The molecule has 2 rings (SSSR count). The van der Waals surface area contributed by atoms with Crippen molar-refractivity contribution in [3.05, 3.63) is 52.3 Å². The Balaban J connectivity index is 2.10. The topological polar surface area (TPSA) is 29.9 Å². The number of nitrogens with zero attached hydrogens (tertiary/aromatic N) is 2. The van der Waals surface area contributed by atoms with Crippen LogP contribution in [0.1, 0.15) is 41.3 Å². The van der Waals surface area contributed by atoms with E-state index in [9.17, 15) is 0 Å². The molecule has 0 unspecified atom stereocenters. The highest BCUT2D eigenvalue weighted by molar-refractivity contribution is 5.30. The Hall–Kier alpha value is -1.61. The fourth-order valence-electron chi connectivity index (χ4n) is 2.36. The average Bonchev–Trinajstić information content (AvgIpc) is 2.75. The molecule has 0 fully saturated rings. The van der Waals surface area contributed by atoms with Crippen molar-refractivity contribution in [1.29, 1.82) is 0 Å². The Bertz CT molecular complexity index is 570. The molecule has 1 N–H and O–H groups in total. The lowest BCUT2D eigenvalue weighted by Crippen LogP contribution is -2.13. The number of benzene rings is 1. The normalized spacial score (nSPS) is 11.0. The third-order valence-electron chi connectivity index (χ3n) is 3.63. The number of rotatable bonds is 6. The maximum absolute atomic E-state index is 4.63. The van der Waals surface area contributed by atoms with E-state index in [1.54, 1.807) is 0 Å². The van der Waals surface area contributed by atoms with Crippen LogP contribution in [0.15, 0.2) is 24.4 Å². The minimum Gasteiger partial charge on any atom is -0.313 e. The number of hydrogen-bond donors (Lipinski definition) is 1. The van der Waals surface area contributed by atoms with Gasteiger partial charge in [-0.25, -0.2) is 0 Å². The van der Waals surface area contributed by atoms with Crippen molar-refractivity contribution in [3.8, 4) is 0 Å². The highest BCUT2D eigenvalue weighted by Crippen LogP contribution is 2.13. The number of aromatic nitrogens is 2. The van der Waals surface area contributed by atoms with Gasteiger partial charge in [0, 0.05) is 18.3 Å². The highest BCUT2D eigenvalue weighted by Gasteiger charge is 2.06. The van der Waals surface area contributed by atoms with Gasteiger partial charge in [0.2, 0.25) is 0 Å². The minimum absolute atomic E-state index is 0.849. The van der Waals surface area contributed by atoms with E-state index in [4.69, 9.17) is 0 Å². The van der Waals surface area contributed by atoms with Crippen molar-refractivity contribution in [1.82, 2.24) is 15.1 Å². The molecule has 1 aromatic carbocycles. The molecule has 0 bridgehead atoms. The molecule has 0 spiro atoms. The Kier molecular flexibility index (Phi) is 4.96. The lowest BCUT2D eigenvalue weighted by Gasteiger charge is -2.07. The summed E-state index contributed by atoms with van der Waals surface area (Å²) in [7, 11) is 0. The summed E-state index contributed by atoms with van der Waals surface area (Å²) in [6.07, 6.45) is 3.33. The predicted molar refractivity (Wildman–Crippen MR) is 84.0 cm³/mol. The molecule has 0 aliphatic carbocycles. The monoisotopic (exact) mass is 271 g/mol. The first-order valence-electron chi connectivity index (χ1n) is 7.40. The second kappa shape index (κ2) is 6.71. The first-order chi connectivity index (χ1) is 9.60. The fraction of sp³-hybridized carbons (Fsp3) is 0.471. The van der Waals surface area contributed by atoms with Crippen LogP contribution in [0.2, 0.25) is 0 Å². The molecule has 0 radical (unpaired) electrons. The minimum atomic E-state index is 0.849. The van der Waals surface area contributed by atoms with Gasteiger partial charge in [0.25, 0.3) is 0 Å². The van der Waals surface area contributed by atoms with Gasteiger partial charge in [-0.15, -0.1) is 0 Å². The zero-order valence-electron chi connectivity index (χ0n) is 13.0. The third kappa shape index (κ3) is 3.70. The van der Waals surface area contributed by atoms with Crippen LogP contribution >= 0.6 is 0 Å². The summed E-state index contributed by atoms with van der Waals surface area (Å²) in [5.74, 6) is 0. The maximum atomic E-state index is 4.63. The average molecular weight is 271 g/mol. The molecule has 0 amide bonds. The van der Waals surface area contributed by atoms with E-state index in [-0.39, 0.29) is 0 Å². The van der Waals surface area contributed by atoms with E-state index >= 15 is 0 Å². The van der Waals surface area contributed by atoms with Gasteiger partial charge in [-0.1, -0.05) is 30.7 Å². The summed E-state index contributed by atoms with van der Waals surface area (Å²) in [6, 6.07) is 6.60. The van der Waals surface area contributed by atoms with Crippen LogP contribution in [0.25, 0.3) is 0 Å². The number of hydrogen-bond acceptors (Lipinski definition) is 2. The van der Waals surface area contributed by atoms with Crippen LogP contribution < -0.4 is 5.32 Å². The first-order valence-corrected chi connectivity index (χ1v) is 7.40. The molecule has 0 aliphatic rings. The van der Waals surface area contributed by atoms with E-state index in [1.807, 2.05) is 0 Å². The Morgan fingerprint density at radius 3 is 2.70 bits per heavy atom. The molecule has 108 valence electrons. The van der Waals surface area contributed by atoms with Gasteiger partial charge in [-0.3, -0.25) is 4.68 Å². The van der Waals surface area contributed by atoms with Crippen molar-refractivity contribution in [2.45, 2.75) is 47.2 Å². The Morgan fingerprint density at radius 2 is 1.95 bits per heavy atom. The van der Waals surface area contributed by atoms with Gasteiger partial charge < -0.3 is 5.32 Å². The standard InChI is InChI=1S/C17H25N3/c1-5-8-18-10-17-12-20(19-15(17)4)11-16-9-13(2)6-7-14(16)3/h6-7,9,12,18H,5,8,10-11H2,1-4H3. The Morgan fingerprint density at radius 1 is 1.15 bits per heavy atom. The lowest BCUT2D eigenvalue weighted by atomic mass is 10.1. The summed E-state index contributed by atoms with van der Waals surface area (Å²) in [5, 5.41) is 8.07. The van der Waals surface area contributed by atoms with Crippen LogP contribution in [0.5, 0.6) is 0 Å². The molecular weight excluding hydrogens is 246 g/mol. The zero-order chi connectivity index (χ0) is 14.5. The molecule has 1 aromatic heterocycles. The lowest BCUT2D eigenvalue weighted by molar-refractivity contribution is 0.667. The summed E-state index contributed by atoms with van der Waals surface area (Å²) in [4.78, 5) is 0. The molecule has 20 heavy (non-hydrogen) atoms. The van der Waals surface area contributed by atoms with E-state index in [2.05, 4.69) is 67.2 Å². The van der Waals surface area contributed by atoms with Gasteiger partial charge in [-0.2, -0.15) is 5.10 Å². The molecule has 0 saturated heterocycles. The Labute approximate surface area is 122 Å². The van der Waals surface area contributed by atoms with E-state index in [0.717, 1.165) is 31.7 Å². The third-order valence-corrected chi connectivity index (χ3v) is 3.63. The van der Waals surface area contributed by atoms with Crippen LogP contribution in [-0.4, -0.2) is 16.3 Å².